The zero-order valence-corrected chi connectivity index (χ0v) is 15.5. The molecule has 0 bridgehead atoms. The first kappa shape index (κ1) is 19.6. The van der Waals surface area contributed by atoms with Crippen LogP contribution in [0.2, 0.25) is 0 Å². The summed E-state index contributed by atoms with van der Waals surface area (Å²) in [5.74, 6) is -1.98. The maximum atomic E-state index is 12.6. The van der Waals surface area contributed by atoms with Gasteiger partial charge in [-0.3, -0.25) is 15.0 Å². The van der Waals surface area contributed by atoms with Crippen molar-refractivity contribution < 1.29 is 28.7 Å². The number of carbonyl (C=O) groups excluding carboxylic acids is 4. The van der Waals surface area contributed by atoms with Gasteiger partial charge in [-0.2, -0.15) is 5.01 Å². The van der Waals surface area contributed by atoms with Crippen molar-refractivity contribution in [3.63, 3.8) is 0 Å². The number of ether oxygens (including phenoxy) is 2. The monoisotopic (exact) mass is 390 g/mol. The average molecular weight is 390 g/mol. The van der Waals surface area contributed by atoms with Crippen LogP contribution in [0.15, 0.2) is 18.3 Å². The first-order chi connectivity index (χ1) is 13.5. The molecular formula is C18H22N4O6. The van der Waals surface area contributed by atoms with Crippen molar-refractivity contribution in [2.24, 2.45) is 0 Å². The Hall–Kier alpha value is -3.17. The molecule has 0 unspecified atom stereocenters. The lowest BCUT2D eigenvalue weighted by Gasteiger charge is -2.30. The molecule has 28 heavy (non-hydrogen) atoms. The minimum atomic E-state index is -0.943. The molecule has 1 saturated heterocycles. The number of aromatic nitrogens is 1. The van der Waals surface area contributed by atoms with Crippen LogP contribution in [0.25, 0.3) is 0 Å². The van der Waals surface area contributed by atoms with E-state index in [-0.39, 0.29) is 11.4 Å². The van der Waals surface area contributed by atoms with Crippen molar-refractivity contribution in [1.29, 1.82) is 0 Å². The van der Waals surface area contributed by atoms with E-state index in [0.29, 0.717) is 24.5 Å². The number of rotatable bonds is 6. The second-order valence-electron chi connectivity index (χ2n) is 6.61. The number of carbonyl (C=O) groups is 4. The third-order valence-electron chi connectivity index (χ3n) is 4.71. The highest BCUT2D eigenvalue weighted by molar-refractivity contribution is 6.08. The van der Waals surface area contributed by atoms with Crippen molar-refractivity contribution in [3.05, 3.63) is 23.9 Å². The maximum absolute atomic E-state index is 12.6. The molecule has 2 N–H and O–H groups in total. The van der Waals surface area contributed by atoms with E-state index in [1.165, 1.54) is 18.3 Å². The molecule has 1 spiro atoms. The molecule has 0 radical (unpaired) electrons. The largest absolute Gasteiger partial charge is 0.477 e. The molecule has 10 heteroatoms. The Morgan fingerprint density at radius 1 is 1.29 bits per heavy atom. The maximum Gasteiger partial charge on any atom is 0.344 e. The van der Waals surface area contributed by atoms with Crippen LogP contribution in [0.5, 0.6) is 5.88 Å². The number of pyridine rings is 1. The zero-order chi connectivity index (χ0) is 20.1. The fourth-order valence-corrected chi connectivity index (χ4v) is 3.38. The van der Waals surface area contributed by atoms with Gasteiger partial charge in [0.05, 0.1) is 6.61 Å². The van der Waals surface area contributed by atoms with Gasteiger partial charge in [-0.15, -0.1) is 0 Å². The van der Waals surface area contributed by atoms with Gasteiger partial charge in [0, 0.05) is 6.20 Å². The number of hydrazine groups is 1. The van der Waals surface area contributed by atoms with Crippen LogP contribution in [0.3, 0.4) is 0 Å². The van der Waals surface area contributed by atoms with Gasteiger partial charge >= 0.3 is 12.0 Å². The first-order valence-corrected chi connectivity index (χ1v) is 9.18. The molecule has 4 amide bonds. The number of hydrogen-bond acceptors (Lipinski definition) is 7. The Kier molecular flexibility index (Phi) is 5.76. The van der Waals surface area contributed by atoms with E-state index >= 15 is 0 Å². The van der Waals surface area contributed by atoms with Gasteiger partial charge in [-0.1, -0.05) is 19.3 Å². The second-order valence-corrected chi connectivity index (χ2v) is 6.61. The lowest BCUT2D eigenvalue weighted by atomic mass is 9.82. The van der Waals surface area contributed by atoms with Crippen LogP contribution in [-0.2, 0) is 14.3 Å². The third kappa shape index (κ3) is 3.90. The molecule has 1 aromatic rings. The van der Waals surface area contributed by atoms with Gasteiger partial charge < -0.3 is 14.8 Å². The Labute approximate surface area is 161 Å². The normalized spacial score (nSPS) is 18.0. The molecule has 2 aliphatic rings. The van der Waals surface area contributed by atoms with E-state index in [1.807, 2.05) is 0 Å². The minimum Gasteiger partial charge on any atom is -0.477 e. The number of nitrogens with one attached hydrogen (secondary N) is 2. The molecule has 1 saturated carbocycles. The molecule has 2 heterocycles. The highest BCUT2D eigenvalue weighted by Gasteiger charge is 2.52. The standard InChI is InChI=1S/C18H22N4O6/c1-2-27-14-12(7-6-10-19-14)15(24)28-11-13(23)21-22-16(25)18(20-17(22)26)8-4-3-5-9-18/h6-7,10H,2-5,8-9,11H2,1H3,(H,20,26)(H,21,23). The lowest BCUT2D eigenvalue weighted by molar-refractivity contribution is -0.140. The molecule has 150 valence electrons. The number of urea groups is 1. The predicted octanol–water partition coefficient (Wildman–Crippen LogP) is 0.923. The van der Waals surface area contributed by atoms with Gasteiger partial charge in [0.2, 0.25) is 5.88 Å². The first-order valence-electron chi connectivity index (χ1n) is 9.18. The Bertz CT molecular complexity index is 790. The third-order valence-corrected chi connectivity index (χ3v) is 4.71. The molecule has 2 fully saturated rings. The summed E-state index contributed by atoms with van der Waals surface area (Å²) < 4.78 is 10.2. The van der Waals surface area contributed by atoms with Crippen molar-refractivity contribution >= 4 is 23.8 Å². The van der Waals surface area contributed by atoms with Crippen LogP contribution in [0.4, 0.5) is 4.79 Å². The molecular weight excluding hydrogens is 368 g/mol. The topological polar surface area (TPSA) is 127 Å². The number of nitrogens with zero attached hydrogens (tertiary/aromatic N) is 2. The van der Waals surface area contributed by atoms with E-state index in [0.717, 1.165) is 19.3 Å². The summed E-state index contributed by atoms with van der Waals surface area (Å²) in [6, 6.07) is 2.32. The van der Waals surface area contributed by atoms with Gasteiger partial charge in [0.15, 0.2) is 6.61 Å². The summed E-state index contributed by atoms with van der Waals surface area (Å²) in [5, 5.41) is 3.34. The average Bonchev–Trinajstić information content (AvgIpc) is 2.91. The summed E-state index contributed by atoms with van der Waals surface area (Å²) in [4.78, 5) is 52.9. The van der Waals surface area contributed by atoms with E-state index in [4.69, 9.17) is 9.47 Å². The summed E-state index contributed by atoms with van der Waals surface area (Å²) in [5.41, 5.74) is 1.34. The predicted molar refractivity (Wildman–Crippen MR) is 95.0 cm³/mol. The second kappa shape index (κ2) is 8.24. The van der Waals surface area contributed by atoms with Gasteiger partial charge in [0.25, 0.3) is 11.8 Å². The van der Waals surface area contributed by atoms with Gasteiger partial charge in [0.1, 0.15) is 11.1 Å². The van der Waals surface area contributed by atoms with Crippen molar-refractivity contribution in [3.8, 4) is 5.88 Å². The molecule has 3 rings (SSSR count). The Morgan fingerprint density at radius 3 is 2.75 bits per heavy atom. The molecule has 0 atom stereocenters. The number of hydrogen-bond donors (Lipinski definition) is 2. The van der Waals surface area contributed by atoms with E-state index < -0.39 is 36.0 Å². The van der Waals surface area contributed by atoms with Crippen molar-refractivity contribution in [2.75, 3.05) is 13.2 Å². The Morgan fingerprint density at radius 2 is 2.04 bits per heavy atom. The summed E-state index contributed by atoms with van der Waals surface area (Å²) in [6.45, 7) is 1.39. The van der Waals surface area contributed by atoms with Crippen LogP contribution in [-0.4, -0.2) is 52.6 Å². The highest BCUT2D eigenvalue weighted by atomic mass is 16.5. The van der Waals surface area contributed by atoms with Gasteiger partial charge in [-0.05, 0) is 31.9 Å². The SMILES string of the molecule is CCOc1ncccc1C(=O)OCC(=O)NN1C(=O)NC2(CCCCC2)C1=O. The molecule has 1 aliphatic carbocycles. The number of imide groups is 1. The minimum absolute atomic E-state index is 0.0771. The van der Waals surface area contributed by atoms with Crippen LogP contribution in [0.1, 0.15) is 49.4 Å². The highest BCUT2D eigenvalue weighted by Crippen LogP contribution is 2.32. The lowest BCUT2D eigenvalue weighted by Crippen LogP contribution is -2.51. The smallest absolute Gasteiger partial charge is 0.344 e. The quantitative estimate of drug-likeness (QED) is 0.546. The summed E-state index contributed by atoms with van der Waals surface area (Å²) in [7, 11) is 0. The zero-order valence-electron chi connectivity index (χ0n) is 15.5. The molecule has 1 aliphatic heterocycles. The summed E-state index contributed by atoms with van der Waals surface area (Å²) >= 11 is 0. The van der Waals surface area contributed by atoms with E-state index in [9.17, 15) is 19.2 Å². The van der Waals surface area contributed by atoms with Gasteiger partial charge in [-0.25, -0.2) is 14.6 Å². The molecule has 10 nitrogen and oxygen atoms in total. The van der Waals surface area contributed by atoms with E-state index in [1.54, 1.807) is 6.92 Å². The Balaban J connectivity index is 1.57. The van der Waals surface area contributed by atoms with Crippen LogP contribution < -0.4 is 15.5 Å². The van der Waals surface area contributed by atoms with Crippen molar-refractivity contribution in [2.45, 2.75) is 44.6 Å². The number of esters is 1. The fraction of sp³-hybridized carbons (Fsp3) is 0.500. The van der Waals surface area contributed by atoms with E-state index in [2.05, 4.69) is 15.7 Å². The van der Waals surface area contributed by atoms with Crippen LogP contribution in [0, 0.1) is 0 Å². The fourth-order valence-electron chi connectivity index (χ4n) is 3.38. The van der Waals surface area contributed by atoms with Crippen molar-refractivity contribution in [1.82, 2.24) is 20.7 Å². The molecule has 1 aromatic heterocycles. The van der Waals surface area contributed by atoms with Crippen LogP contribution >= 0.6 is 0 Å². The summed E-state index contributed by atoms with van der Waals surface area (Å²) in [6.07, 6.45) is 5.22. The number of amides is 4. The molecule has 0 aromatic carbocycles.